The predicted molar refractivity (Wildman–Crippen MR) is 74.2 cm³/mol. The maximum atomic E-state index is 3.49. The van der Waals surface area contributed by atoms with Crippen LogP contribution in [0.2, 0.25) is 0 Å². The lowest BCUT2D eigenvalue weighted by Crippen LogP contribution is -2.14. The number of fused-ring (bicyclic) bond motifs is 1. The highest BCUT2D eigenvalue weighted by Crippen LogP contribution is 2.20. The average Bonchev–Trinajstić information content (AvgIpc) is 2.75. The van der Waals surface area contributed by atoms with Gasteiger partial charge in [-0.25, -0.2) is 0 Å². The van der Waals surface area contributed by atoms with Gasteiger partial charge in [-0.15, -0.1) is 0 Å². The molecule has 0 unspecified atom stereocenters. The van der Waals surface area contributed by atoms with Gasteiger partial charge < -0.3 is 9.88 Å². The highest BCUT2D eigenvalue weighted by molar-refractivity contribution is 5.83. The summed E-state index contributed by atoms with van der Waals surface area (Å²) < 4.78 is 2.37. The van der Waals surface area contributed by atoms with Gasteiger partial charge in [0.1, 0.15) is 0 Å². The molecule has 0 radical (unpaired) electrons. The molecule has 2 rings (SSSR count). The Morgan fingerprint density at radius 2 is 2.00 bits per heavy atom. The minimum Gasteiger partial charge on any atom is -0.347 e. The lowest BCUT2D eigenvalue weighted by atomic mass is 10.1. The van der Waals surface area contributed by atoms with Gasteiger partial charge in [0.2, 0.25) is 0 Å². The van der Waals surface area contributed by atoms with Gasteiger partial charge in [-0.2, -0.15) is 0 Å². The van der Waals surface area contributed by atoms with Crippen molar-refractivity contribution in [1.29, 1.82) is 0 Å². The molecule has 1 N–H and O–H groups in total. The van der Waals surface area contributed by atoms with Crippen molar-refractivity contribution in [2.75, 3.05) is 6.54 Å². The second-order valence-electron chi connectivity index (χ2n) is 4.54. The van der Waals surface area contributed by atoms with Crippen molar-refractivity contribution in [1.82, 2.24) is 9.88 Å². The van der Waals surface area contributed by atoms with Gasteiger partial charge in [-0.1, -0.05) is 32.0 Å². The van der Waals surface area contributed by atoms with Gasteiger partial charge in [-0.3, -0.25) is 0 Å². The fourth-order valence-electron chi connectivity index (χ4n) is 2.31. The molecule has 17 heavy (non-hydrogen) atoms. The van der Waals surface area contributed by atoms with E-state index < -0.39 is 0 Å². The Hall–Kier alpha value is -1.28. The van der Waals surface area contributed by atoms with Crippen LogP contribution in [0.15, 0.2) is 30.5 Å². The first-order valence-electron chi connectivity index (χ1n) is 6.64. The van der Waals surface area contributed by atoms with Crippen LogP contribution in [0, 0.1) is 0 Å². The zero-order chi connectivity index (χ0) is 12.1. The topological polar surface area (TPSA) is 17.0 Å². The van der Waals surface area contributed by atoms with Crippen LogP contribution in [0.4, 0.5) is 0 Å². The zero-order valence-corrected chi connectivity index (χ0v) is 10.9. The van der Waals surface area contributed by atoms with E-state index in [0.29, 0.717) is 0 Å². The minimum atomic E-state index is 0.971. The Kier molecular flexibility index (Phi) is 4.21. The third-order valence-corrected chi connectivity index (χ3v) is 3.08. The lowest BCUT2D eigenvalue weighted by molar-refractivity contribution is 0.667. The van der Waals surface area contributed by atoms with Crippen LogP contribution < -0.4 is 5.32 Å². The average molecular weight is 230 g/mol. The van der Waals surface area contributed by atoms with Crippen molar-refractivity contribution in [2.45, 2.75) is 39.8 Å². The van der Waals surface area contributed by atoms with E-state index in [4.69, 9.17) is 0 Å². The Labute approximate surface area is 104 Å². The molecular weight excluding hydrogens is 208 g/mol. The van der Waals surface area contributed by atoms with Crippen LogP contribution in [0.25, 0.3) is 10.9 Å². The molecule has 0 aliphatic rings. The van der Waals surface area contributed by atoms with E-state index in [0.717, 1.165) is 19.6 Å². The molecule has 0 saturated carbocycles. The molecule has 0 bridgehead atoms. The summed E-state index contributed by atoms with van der Waals surface area (Å²) >= 11 is 0. The number of benzene rings is 1. The van der Waals surface area contributed by atoms with Crippen LogP contribution in [0.1, 0.15) is 32.3 Å². The third-order valence-electron chi connectivity index (χ3n) is 3.08. The van der Waals surface area contributed by atoms with Gasteiger partial charge in [0.25, 0.3) is 0 Å². The molecule has 0 amide bonds. The summed E-state index contributed by atoms with van der Waals surface area (Å²) in [6.45, 7) is 7.59. The maximum Gasteiger partial charge on any atom is 0.0525 e. The number of hydrogen-bond acceptors (Lipinski definition) is 1. The van der Waals surface area contributed by atoms with E-state index in [1.165, 1.54) is 29.3 Å². The lowest BCUT2D eigenvalue weighted by Gasteiger charge is -2.09. The van der Waals surface area contributed by atoms with Crippen LogP contribution >= 0.6 is 0 Å². The molecule has 0 aliphatic carbocycles. The molecule has 1 aromatic heterocycles. The molecule has 0 aliphatic heterocycles. The summed E-state index contributed by atoms with van der Waals surface area (Å²) in [6, 6.07) is 8.80. The Balaban J connectivity index is 2.29. The highest BCUT2D eigenvalue weighted by Gasteiger charge is 2.05. The van der Waals surface area contributed by atoms with Gasteiger partial charge >= 0.3 is 0 Å². The summed E-state index contributed by atoms with van der Waals surface area (Å²) in [6.07, 6.45) is 4.57. The number of aryl methyl sites for hydroxylation is 1. The normalized spacial score (nSPS) is 11.2. The van der Waals surface area contributed by atoms with Crippen molar-refractivity contribution in [2.24, 2.45) is 0 Å². The van der Waals surface area contributed by atoms with Crippen molar-refractivity contribution in [3.8, 4) is 0 Å². The molecule has 0 atom stereocenters. The molecule has 2 aromatic rings. The zero-order valence-electron chi connectivity index (χ0n) is 10.9. The fraction of sp³-hybridized carbons (Fsp3) is 0.467. The number of hydrogen-bond donors (Lipinski definition) is 1. The number of nitrogens with zero attached hydrogens (tertiary/aromatic N) is 1. The molecule has 0 fully saturated rings. The molecule has 1 heterocycles. The first-order chi connectivity index (χ1) is 8.36. The summed E-state index contributed by atoms with van der Waals surface area (Å²) in [5, 5.41) is 4.85. The Morgan fingerprint density at radius 3 is 2.76 bits per heavy atom. The van der Waals surface area contributed by atoms with Crippen molar-refractivity contribution < 1.29 is 0 Å². The van der Waals surface area contributed by atoms with E-state index in [-0.39, 0.29) is 0 Å². The molecule has 92 valence electrons. The third kappa shape index (κ3) is 2.70. The molecular formula is C15H22N2. The van der Waals surface area contributed by atoms with Crippen molar-refractivity contribution in [3.63, 3.8) is 0 Å². The largest absolute Gasteiger partial charge is 0.347 e. The molecule has 2 nitrogen and oxygen atoms in total. The van der Waals surface area contributed by atoms with Crippen LogP contribution in [0.5, 0.6) is 0 Å². The maximum absolute atomic E-state index is 3.49. The smallest absolute Gasteiger partial charge is 0.0525 e. The van der Waals surface area contributed by atoms with Gasteiger partial charge in [0.05, 0.1) is 5.52 Å². The quantitative estimate of drug-likeness (QED) is 0.751. The first-order valence-corrected chi connectivity index (χ1v) is 6.64. The fourth-order valence-corrected chi connectivity index (χ4v) is 2.31. The number of para-hydroxylation sites is 1. The summed E-state index contributed by atoms with van der Waals surface area (Å²) in [5.74, 6) is 0. The van der Waals surface area contributed by atoms with E-state index in [1.807, 2.05) is 0 Å². The molecule has 2 heteroatoms. The summed E-state index contributed by atoms with van der Waals surface area (Å²) in [7, 11) is 0. The van der Waals surface area contributed by atoms with E-state index in [1.54, 1.807) is 0 Å². The van der Waals surface area contributed by atoms with Crippen LogP contribution in [-0.2, 0) is 13.1 Å². The standard InChI is InChI=1S/C15H22N2/c1-3-9-16-12-14-7-5-6-13-8-11-17(10-4-2)15(13)14/h5-8,11,16H,3-4,9-10,12H2,1-2H3. The van der Waals surface area contributed by atoms with Crippen LogP contribution in [0.3, 0.4) is 0 Å². The summed E-state index contributed by atoms with van der Waals surface area (Å²) in [4.78, 5) is 0. The number of rotatable bonds is 6. The highest BCUT2D eigenvalue weighted by atomic mass is 15.0. The number of aromatic nitrogens is 1. The number of nitrogens with one attached hydrogen (secondary N) is 1. The van der Waals surface area contributed by atoms with Crippen LogP contribution in [-0.4, -0.2) is 11.1 Å². The first kappa shape index (κ1) is 12.2. The molecule has 1 aromatic carbocycles. The monoisotopic (exact) mass is 230 g/mol. The summed E-state index contributed by atoms with van der Waals surface area (Å²) in [5.41, 5.74) is 2.81. The van der Waals surface area contributed by atoms with Gasteiger partial charge in [-0.05, 0) is 36.4 Å². The van der Waals surface area contributed by atoms with Gasteiger partial charge in [0, 0.05) is 19.3 Å². The Bertz CT molecular complexity index is 471. The predicted octanol–water partition coefficient (Wildman–Crippen LogP) is 3.55. The van der Waals surface area contributed by atoms with E-state index in [2.05, 4.69) is 54.2 Å². The molecule has 0 spiro atoms. The van der Waals surface area contributed by atoms with E-state index >= 15 is 0 Å². The second kappa shape index (κ2) is 5.87. The van der Waals surface area contributed by atoms with Crippen molar-refractivity contribution >= 4 is 10.9 Å². The van der Waals surface area contributed by atoms with E-state index in [9.17, 15) is 0 Å². The minimum absolute atomic E-state index is 0.971. The SMILES string of the molecule is CCCNCc1cccc2ccn(CCC)c12. The van der Waals surface area contributed by atoms with Gasteiger partial charge in [0.15, 0.2) is 0 Å². The Morgan fingerprint density at radius 1 is 1.12 bits per heavy atom. The second-order valence-corrected chi connectivity index (χ2v) is 4.54. The molecule has 0 saturated heterocycles. The van der Waals surface area contributed by atoms with Crippen molar-refractivity contribution in [3.05, 3.63) is 36.0 Å².